The summed E-state index contributed by atoms with van der Waals surface area (Å²) in [7, 11) is 1.55. The van der Waals surface area contributed by atoms with Crippen molar-refractivity contribution in [2.24, 2.45) is 0 Å². The van der Waals surface area contributed by atoms with Crippen molar-refractivity contribution in [3.05, 3.63) is 54.1 Å². The predicted molar refractivity (Wildman–Crippen MR) is 86.1 cm³/mol. The Labute approximate surface area is 132 Å². The lowest BCUT2D eigenvalue weighted by atomic mass is 10.1. The monoisotopic (exact) mass is 319 g/mol. The van der Waals surface area contributed by atoms with Gasteiger partial charge in [0.15, 0.2) is 6.10 Å². The van der Waals surface area contributed by atoms with Crippen LogP contribution in [0.2, 0.25) is 0 Å². The predicted octanol–water partition coefficient (Wildman–Crippen LogP) is 2.56. The lowest BCUT2D eigenvalue weighted by Gasteiger charge is -2.21. The molecule has 0 spiro atoms. The maximum absolute atomic E-state index is 11.2. The molecule has 116 valence electrons. The zero-order valence-corrected chi connectivity index (χ0v) is 12.8. The van der Waals surface area contributed by atoms with Gasteiger partial charge in [0, 0.05) is 10.6 Å². The van der Waals surface area contributed by atoms with Crippen LogP contribution in [0.4, 0.5) is 5.69 Å². The summed E-state index contributed by atoms with van der Waals surface area (Å²) in [4.78, 5) is 11.9. The van der Waals surface area contributed by atoms with Crippen molar-refractivity contribution in [3.63, 3.8) is 0 Å². The molecule has 0 unspecified atom stereocenters. The Hall–Kier alpha value is -2.18. The minimum absolute atomic E-state index is 0.545. The first kappa shape index (κ1) is 16.2. The number of methoxy groups -OCH3 is 1. The molecule has 22 heavy (non-hydrogen) atoms. The van der Waals surface area contributed by atoms with Gasteiger partial charge in [0.1, 0.15) is 5.75 Å². The number of carbonyl (C=O) groups is 1. The summed E-state index contributed by atoms with van der Waals surface area (Å²) in [5.74, 6) is -0.612. The minimum Gasteiger partial charge on any atom is -0.497 e. The molecule has 2 atom stereocenters. The molecule has 2 aromatic rings. The molecule has 0 aliphatic heterocycles. The van der Waals surface area contributed by atoms with Crippen molar-refractivity contribution in [2.45, 2.75) is 16.2 Å². The maximum Gasteiger partial charge on any atom is 0.334 e. The Morgan fingerprint density at radius 1 is 1.18 bits per heavy atom. The number of ether oxygens (including phenoxy) is 1. The zero-order valence-electron chi connectivity index (χ0n) is 12.0. The number of aliphatic hydroxyl groups excluding tert-OH is 1. The number of carboxylic acids is 1. The van der Waals surface area contributed by atoms with Crippen LogP contribution in [0.15, 0.2) is 53.4 Å². The van der Waals surface area contributed by atoms with E-state index in [2.05, 4.69) is 0 Å². The number of hydrogen-bond acceptors (Lipinski definition) is 5. The molecule has 0 aromatic heterocycles. The van der Waals surface area contributed by atoms with Crippen LogP contribution < -0.4 is 10.5 Å². The number of thioether (sulfide) groups is 1. The number of hydrogen-bond donors (Lipinski definition) is 3. The molecular formula is C16H17NO4S. The molecule has 4 N–H and O–H groups in total. The summed E-state index contributed by atoms with van der Waals surface area (Å²) in [6, 6.07) is 14.1. The number of nitrogen functional groups attached to an aromatic ring is 1. The van der Waals surface area contributed by atoms with Crippen molar-refractivity contribution < 1.29 is 19.7 Å². The Balaban J connectivity index is 2.33. The van der Waals surface area contributed by atoms with E-state index in [1.165, 1.54) is 11.8 Å². The SMILES string of the molecule is COc1ccc([C@H](Sc2ccccc2N)[C@H](O)C(=O)O)cc1. The highest BCUT2D eigenvalue weighted by atomic mass is 32.2. The molecule has 0 radical (unpaired) electrons. The number of carboxylic acid groups (broad SMARTS) is 1. The van der Waals surface area contributed by atoms with Crippen molar-refractivity contribution >= 4 is 23.4 Å². The first-order chi connectivity index (χ1) is 10.5. The molecule has 5 nitrogen and oxygen atoms in total. The normalized spacial score (nSPS) is 13.4. The number of anilines is 1. The Kier molecular flexibility index (Phi) is 5.30. The molecule has 0 heterocycles. The molecule has 0 saturated heterocycles. The van der Waals surface area contributed by atoms with E-state index >= 15 is 0 Å². The van der Waals surface area contributed by atoms with Crippen LogP contribution in [-0.4, -0.2) is 29.4 Å². The Bertz CT molecular complexity index is 645. The molecule has 0 amide bonds. The topological polar surface area (TPSA) is 92.8 Å². The van der Waals surface area contributed by atoms with E-state index in [4.69, 9.17) is 15.6 Å². The molecule has 0 aliphatic rings. The van der Waals surface area contributed by atoms with Crippen molar-refractivity contribution in [1.29, 1.82) is 0 Å². The Morgan fingerprint density at radius 3 is 2.36 bits per heavy atom. The summed E-state index contributed by atoms with van der Waals surface area (Å²) in [6.45, 7) is 0. The van der Waals surface area contributed by atoms with Crippen LogP contribution in [0, 0.1) is 0 Å². The number of benzene rings is 2. The number of rotatable bonds is 6. The summed E-state index contributed by atoms with van der Waals surface area (Å²) in [6.07, 6.45) is -1.54. The molecule has 2 rings (SSSR count). The lowest BCUT2D eigenvalue weighted by molar-refractivity contribution is -0.146. The number of aliphatic hydroxyl groups is 1. The number of para-hydroxylation sites is 1. The summed E-state index contributed by atoms with van der Waals surface area (Å²) < 4.78 is 5.09. The molecule has 2 aromatic carbocycles. The third-order valence-corrected chi connectivity index (χ3v) is 4.57. The molecule has 0 aliphatic carbocycles. The average Bonchev–Trinajstić information content (AvgIpc) is 2.53. The van der Waals surface area contributed by atoms with Gasteiger partial charge in [-0.1, -0.05) is 24.3 Å². The smallest absolute Gasteiger partial charge is 0.334 e. The second-order valence-electron chi connectivity index (χ2n) is 4.63. The van der Waals surface area contributed by atoms with Gasteiger partial charge in [-0.25, -0.2) is 4.79 Å². The fourth-order valence-electron chi connectivity index (χ4n) is 1.96. The zero-order chi connectivity index (χ0) is 16.1. The molecule has 0 bridgehead atoms. The highest BCUT2D eigenvalue weighted by Gasteiger charge is 2.28. The largest absolute Gasteiger partial charge is 0.497 e. The van der Waals surface area contributed by atoms with Crippen LogP contribution in [0.25, 0.3) is 0 Å². The summed E-state index contributed by atoms with van der Waals surface area (Å²) in [5.41, 5.74) is 7.13. The van der Waals surface area contributed by atoms with Crippen LogP contribution in [0.1, 0.15) is 10.8 Å². The second kappa shape index (κ2) is 7.20. The standard InChI is InChI=1S/C16H17NO4S/c1-21-11-8-6-10(7-9-11)15(14(18)16(19)20)22-13-5-3-2-4-12(13)17/h2-9,14-15,18H,17H2,1H3,(H,19,20)/t14-,15-/m0/s1. The van der Waals surface area contributed by atoms with Crippen LogP contribution in [-0.2, 0) is 4.79 Å². The maximum atomic E-state index is 11.2. The van der Waals surface area contributed by atoms with E-state index in [9.17, 15) is 9.90 Å². The van der Waals surface area contributed by atoms with E-state index in [-0.39, 0.29) is 0 Å². The fourth-order valence-corrected chi connectivity index (χ4v) is 3.14. The van der Waals surface area contributed by atoms with Gasteiger partial charge in [-0.2, -0.15) is 0 Å². The minimum atomic E-state index is -1.54. The van der Waals surface area contributed by atoms with E-state index in [0.29, 0.717) is 17.0 Å². The van der Waals surface area contributed by atoms with Gasteiger partial charge >= 0.3 is 5.97 Å². The summed E-state index contributed by atoms with van der Waals surface area (Å²) in [5, 5.41) is 18.5. The van der Waals surface area contributed by atoms with Gasteiger partial charge in [0.25, 0.3) is 0 Å². The van der Waals surface area contributed by atoms with Crippen molar-refractivity contribution in [2.75, 3.05) is 12.8 Å². The van der Waals surface area contributed by atoms with Gasteiger partial charge in [0.05, 0.1) is 12.4 Å². The van der Waals surface area contributed by atoms with Gasteiger partial charge in [0.2, 0.25) is 0 Å². The highest BCUT2D eigenvalue weighted by Crippen LogP contribution is 2.40. The quantitative estimate of drug-likeness (QED) is 0.560. The lowest BCUT2D eigenvalue weighted by Crippen LogP contribution is -2.26. The van der Waals surface area contributed by atoms with E-state index in [0.717, 1.165) is 4.90 Å². The van der Waals surface area contributed by atoms with Crippen LogP contribution in [0.5, 0.6) is 5.75 Å². The number of nitrogens with two attached hydrogens (primary N) is 1. The van der Waals surface area contributed by atoms with E-state index < -0.39 is 17.3 Å². The third-order valence-electron chi connectivity index (χ3n) is 3.16. The third kappa shape index (κ3) is 3.72. The van der Waals surface area contributed by atoms with E-state index in [1.54, 1.807) is 49.6 Å². The Morgan fingerprint density at radius 2 is 1.82 bits per heavy atom. The molecule has 0 fully saturated rings. The van der Waals surface area contributed by atoms with Crippen LogP contribution in [0.3, 0.4) is 0 Å². The molecule has 6 heteroatoms. The van der Waals surface area contributed by atoms with Gasteiger partial charge in [-0.3, -0.25) is 0 Å². The first-order valence-corrected chi connectivity index (χ1v) is 7.47. The summed E-state index contributed by atoms with van der Waals surface area (Å²) >= 11 is 1.22. The van der Waals surface area contributed by atoms with Crippen molar-refractivity contribution in [1.82, 2.24) is 0 Å². The van der Waals surface area contributed by atoms with Crippen LogP contribution >= 0.6 is 11.8 Å². The highest BCUT2D eigenvalue weighted by molar-refractivity contribution is 7.99. The molecule has 0 saturated carbocycles. The average molecular weight is 319 g/mol. The van der Waals surface area contributed by atoms with E-state index in [1.807, 2.05) is 6.07 Å². The first-order valence-electron chi connectivity index (χ1n) is 6.59. The van der Waals surface area contributed by atoms with Gasteiger partial charge < -0.3 is 20.7 Å². The number of aliphatic carboxylic acids is 1. The van der Waals surface area contributed by atoms with Crippen molar-refractivity contribution in [3.8, 4) is 5.75 Å². The van der Waals surface area contributed by atoms with Gasteiger partial charge in [-0.15, -0.1) is 11.8 Å². The fraction of sp³-hybridized carbons (Fsp3) is 0.188. The van der Waals surface area contributed by atoms with Gasteiger partial charge in [-0.05, 0) is 29.8 Å². The molecular weight excluding hydrogens is 302 g/mol. The second-order valence-corrected chi connectivity index (χ2v) is 5.82.